The van der Waals surface area contributed by atoms with Crippen LogP contribution in [0.25, 0.3) is 0 Å². The Hall–Kier alpha value is -1.16. The summed E-state index contributed by atoms with van der Waals surface area (Å²) in [6.45, 7) is 1.60. The molecule has 2 unspecified atom stereocenters. The number of carboxylic acid groups (broad SMARTS) is 1. The number of hydrogen-bond donors (Lipinski definition) is 1. The van der Waals surface area contributed by atoms with Gasteiger partial charge < -0.3 is 5.11 Å². The van der Waals surface area contributed by atoms with Crippen molar-refractivity contribution in [2.45, 2.75) is 26.2 Å². The van der Waals surface area contributed by atoms with Gasteiger partial charge in [-0.15, -0.1) is 0 Å². The molecule has 1 N–H and O–H groups in total. The zero-order valence-electron chi connectivity index (χ0n) is 10.7. The molecule has 0 spiro atoms. The Labute approximate surface area is 111 Å². The number of carboxylic acids is 1. The molecule has 0 radical (unpaired) electrons. The number of aryl methyl sites for hydroxylation is 1. The van der Waals surface area contributed by atoms with E-state index in [2.05, 4.69) is 12.1 Å². The maximum atomic E-state index is 11.6. The molecule has 0 aliphatic rings. The Morgan fingerprint density at radius 3 is 2.56 bits per heavy atom. The summed E-state index contributed by atoms with van der Waals surface area (Å²) in [6.07, 6.45) is 2.87. The van der Waals surface area contributed by atoms with Gasteiger partial charge in [-0.1, -0.05) is 37.3 Å². The lowest BCUT2D eigenvalue weighted by molar-refractivity contribution is -0.140. The van der Waals surface area contributed by atoms with Crippen molar-refractivity contribution in [3.63, 3.8) is 0 Å². The van der Waals surface area contributed by atoms with Crippen molar-refractivity contribution in [2.75, 3.05) is 11.5 Å². The molecular formula is C14H20O3S. The van der Waals surface area contributed by atoms with E-state index in [4.69, 9.17) is 5.11 Å². The van der Waals surface area contributed by atoms with Crippen LogP contribution in [0, 0.1) is 5.92 Å². The highest BCUT2D eigenvalue weighted by molar-refractivity contribution is 7.85. The second-order valence-electron chi connectivity index (χ2n) is 4.49. The first-order valence-electron chi connectivity index (χ1n) is 6.21. The molecule has 0 saturated carbocycles. The molecule has 3 nitrogen and oxygen atoms in total. The summed E-state index contributed by atoms with van der Waals surface area (Å²) in [5, 5.41) is 8.72. The molecule has 100 valence electrons. The Morgan fingerprint density at radius 1 is 1.28 bits per heavy atom. The zero-order valence-corrected chi connectivity index (χ0v) is 11.5. The van der Waals surface area contributed by atoms with Gasteiger partial charge >= 0.3 is 5.97 Å². The molecular weight excluding hydrogens is 248 g/mol. The molecule has 0 aliphatic heterocycles. The van der Waals surface area contributed by atoms with E-state index in [1.165, 1.54) is 5.56 Å². The van der Waals surface area contributed by atoms with Crippen molar-refractivity contribution in [1.82, 2.24) is 0 Å². The molecule has 1 rings (SSSR count). The van der Waals surface area contributed by atoms with Gasteiger partial charge in [-0.3, -0.25) is 9.00 Å². The van der Waals surface area contributed by atoms with Crippen molar-refractivity contribution < 1.29 is 14.1 Å². The molecule has 1 aromatic rings. The molecule has 0 aromatic heterocycles. The van der Waals surface area contributed by atoms with Crippen LogP contribution in [0.2, 0.25) is 0 Å². The summed E-state index contributed by atoms with van der Waals surface area (Å²) in [5.74, 6) is -0.516. The van der Waals surface area contributed by atoms with E-state index in [0.29, 0.717) is 5.75 Å². The summed E-state index contributed by atoms with van der Waals surface area (Å²) in [4.78, 5) is 10.6. The Kier molecular flexibility index (Phi) is 6.65. The highest BCUT2D eigenvalue weighted by atomic mass is 32.2. The molecule has 0 heterocycles. The third-order valence-electron chi connectivity index (χ3n) is 2.79. The van der Waals surface area contributed by atoms with Crippen LogP contribution in [0.4, 0.5) is 0 Å². The largest absolute Gasteiger partial charge is 0.481 e. The Morgan fingerprint density at radius 2 is 1.94 bits per heavy atom. The van der Waals surface area contributed by atoms with Gasteiger partial charge in [-0.25, -0.2) is 0 Å². The monoisotopic (exact) mass is 268 g/mol. The summed E-state index contributed by atoms with van der Waals surface area (Å²) >= 11 is 0. The van der Waals surface area contributed by atoms with Crippen LogP contribution in [-0.4, -0.2) is 26.8 Å². The summed E-state index contributed by atoms with van der Waals surface area (Å²) in [5.41, 5.74) is 1.29. The minimum absolute atomic E-state index is 0.265. The minimum atomic E-state index is -1.01. The van der Waals surface area contributed by atoms with E-state index < -0.39 is 22.7 Å². The highest BCUT2D eigenvalue weighted by Crippen LogP contribution is 2.06. The zero-order chi connectivity index (χ0) is 13.4. The molecule has 0 fully saturated rings. The maximum absolute atomic E-state index is 11.6. The third kappa shape index (κ3) is 5.96. The first-order valence-corrected chi connectivity index (χ1v) is 7.70. The van der Waals surface area contributed by atoms with Crippen LogP contribution in [0.15, 0.2) is 30.3 Å². The topological polar surface area (TPSA) is 54.4 Å². The van der Waals surface area contributed by atoms with E-state index in [0.717, 1.165) is 19.3 Å². The van der Waals surface area contributed by atoms with Crippen LogP contribution in [0.5, 0.6) is 0 Å². The lowest BCUT2D eigenvalue weighted by Crippen LogP contribution is -2.18. The molecule has 2 atom stereocenters. The van der Waals surface area contributed by atoms with E-state index in [1.54, 1.807) is 6.92 Å². The van der Waals surface area contributed by atoms with Gasteiger partial charge in [0.2, 0.25) is 0 Å². The quantitative estimate of drug-likeness (QED) is 0.737. The van der Waals surface area contributed by atoms with Crippen molar-refractivity contribution >= 4 is 16.8 Å². The average molecular weight is 268 g/mol. The standard InChI is InChI=1S/C14H20O3S/c1-12(14(15)16)11-18(17)10-6-5-9-13-7-3-2-4-8-13/h2-4,7-8,12H,5-6,9-11H2,1H3,(H,15,16). The van der Waals surface area contributed by atoms with Crippen molar-refractivity contribution in [2.24, 2.45) is 5.92 Å². The molecule has 0 aliphatic carbocycles. The minimum Gasteiger partial charge on any atom is -0.481 e. The van der Waals surface area contributed by atoms with Crippen LogP contribution in [0.1, 0.15) is 25.3 Å². The number of unbranched alkanes of at least 4 members (excludes halogenated alkanes) is 1. The summed E-state index contributed by atoms with van der Waals surface area (Å²) in [7, 11) is -1.01. The van der Waals surface area contributed by atoms with Crippen molar-refractivity contribution in [3.8, 4) is 0 Å². The fourth-order valence-corrected chi connectivity index (χ4v) is 3.06. The van der Waals surface area contributed by atoms with Crippen LogP contribution < -0.4 is 0 Å². The van der Waals surface area contributed by atoms with E-state index in [9.17, 15) is 9.00 Å². The number of rotatable bonds is 8. The van der Waals surface area contributed by atoms with Gasteiger partial charge in [0.15, 0.2) is 0 Å². The number of hydrogen-bond acceptors (Lipinski definition) is 2. The lowest BCUT2D eigenvalue weighted by atomic mass is 10.1. The smallest absolute Gasteiger partial charge is 0.307 e. The van der Waals surface area contributed by atoms with Gasteiger partial charge in [0.05, 0.1) is 5.92 Å². The number of aliphatic carboxylic acids is 1. The van der Waals surface area contributed by atoms with Gasteiger partial charge in [0, 0.05) is 22.3 Å². The first kappa shape index (κ1) is 14.9. The van der Waals surface area contributed by atoms with E-state index >= 15 is 0 Å². The fraction of sp³-hybridized carbons (Fsp3) is 0.500. The predicted octanol–water partition coefficient (Wildman–Crippen LogP) is 2.48. The number of benzene rings is 1. The second-order valence-corrected chi connectivity index (χ2v) is 6.11. The van der Waals surface area contributed by atoms with Gasteiger partial charge in [0.1, 0.15) is 0 Å². The highest BCUT2D eigenvalue weighted by Gasteiger charge is 2.14. The summed E-state index contributed by atoms with van der Waals surface area (Å²) in [6, 6.07) is 10.2. The fourth-order valence-electron chi connectivity index (χ4n) is 1.67. The maximum Gasteiger partial charge on any atom is 0.307 e. The van der Waals surface area contributed by atoms with Gasteiger partial charge in [-0.05, 0) is 24.8 Å². The predicted molar refractivity (Wildman–Crippen MR) is 74.1 cm³/mol. The van der Waals surface area contributed by atoms with E-state index in [-0.39, 0.29) is 5.75 Å². The van der Waals surface area contributed by atoms with Gasteiger partial charge in [-0.2, -0.15) is 0 Å². The van der Waals surface area contributed by atoms with Crippen molar-refractivity contribution in [1.29, 1.82) is 0 Å². The molecule has 18 heavy (non-hydrogen) atoms. The second kappa shape index (κ2) is 8.03. The Bertz CT molecular complexity index is 389. The molecule has 0 amide bonds. The normalized spacial score (nSPS) is 14.1. The molecule has 0 saturated heterocycles. The molecule has 1 aromatic carbocycles. The Balaban J connectivity index is 2.14. The van der Waals surface area contributed by atoms with Crippen LogP contribution in [-0.2, 0) is 22.0 Å². The van der Waals surface area contributed by atoms with Crippen LogP contribution in [0.3, 0.4) is 0 Å². The third-order valence-corrected chi connectivity index (χ3v) is 4.40. The number of carbonyl (C=O) groups is 1. The average Bonchev–Trinajstić information content (AvgIpc) is 2.35. The van der Waals surface area contributed by atoms with Crippen molar-refractivity contribution in [3.05, 3.63) is 35.9 Å². The van der Waals surface area contributed by atoms with E-state index in [1.807, 2.05) is 18.2 Å². The van der Waals surface area contributed by atoms with Gasteiger partial charge in [0.25, 0.3) is 0 Å². The summed E-state index contributed by atoms with van der Waals surface area (Å²) < 4.78 is 11.6. The first-order chi connectivity index (χ1) is 8.59. The lowest BCUT2D eigenvalue weighted by Gasteiger charge is -2.06. The van der Waals surface area contributed by atoms with Crippen LogP contribution >= 0.6 is 0 Å². The molecule has 0 bridgehead atoms. The molecule has 4 heteroatoms. The SMILES string of the molecule is CC(CS(=O)CCCCc1ccccc1)C(=O)O.